The lowest BCUT2D eigenvalue weighted by atomic mass is 9.72. The highest BCUT2D eigenvalue weighted by molar-refractivity contribution is 6.08. The maximum Gasteiger partial charge on any atom is 0.315 e. The Morgan fingerprint density at radius 3 is 2.26 bits per heavy atom. The molecule has 2 aliphatic rings. The van der Waals surface area contributed by atoms with E-state index in [9.17, 15) is 9.59 Å². The van der Waals surface area contributed by atoms with Gasteiger partial charge in [0.1, 0.15) is 37.2 Å². The fraction of sp³-hybridized carbons (Fsp3) is 0.281. The van der Waals surface area contributed by atoms with Crippen LogP contribution in [-0.2, 0) is 20.9 Å². The molecule has 1 aliphatic carbocycles. The van der Waals surface area contributed by atoms with Gasteiger partial charge in [-0.3, -0.25) is 14.6 Å². The molecule has 5 rings (SSSR count). The van der Waals surface area contributed by atoms with Crippen molar-refractivity contribution in [1.29, 1.82) is 0 Å². The Balaban J connectivity index is 1.33. The molecule has 0 amide bonds. The molecular formula is C32H31NO5. The van der Waals surface area contributed by atoms with Crippen molar-refractivity contribution in [3.63, 3.8) is 0 Å². The smallest absolute Gasteiger partial charge is 0.315 e. The molecule has 0 fully saturated rings. The normalized spacial score (nSPS) is 18.9. The third-order valence-corrected chi connectivity index (χ3v) is 6.92. The number of hydrogen-bond donors (Lipinski definition) is 0. The molecule has 2 atom stereocenters. The van der Waals surface area contributed by atoms with Crippen molar-refractivity contribution in [2.75, 3.05) is 13.2 Å². The minimum absolute atomic E-state index is 0.0575. The number of ketones is 1. The predicted molar refractivity (Wildman–Crippen MR) is 145 cm³/mol. The highest BCUT2D eigenvalue weighted by Gasteiger charge is 2.43. The quantitative estimate of drug-likeness (QED) is 0.259. The number of rotatable bonds is 9. The van der Waals surface area contributed by atoms with E-state index in [0.29, 0.717) is 30.1 Å². The van der Waals surface area contributed by atoms with Crippen molar-refractivity contribution in [3.8, 4) is 11.5 Å². The van der Waals surface area contributed by atoms with Crippen LogP contribution >= 0.6 is 0 Å². The lowest BCUT2D eigenvalue weighted by Gasteiger charge is -2.34. The summed E-state index contributed by atoms with van der Waals surface area (Å²) in [4.78, 5) is 31.2. The number of esters is 1. The van der Waals surface area contributed by atoms with Gasteiger partial charge in [-0.25, -0.2) is 0 Å². The second kappa shape index (κ2) is 11.9. The molecule has 0 radical (unpaired) electrons. The van der Waals surface area contributed by atoms with Crippen LogP contribution in [0.2, 0.25) is 0 Å². The standard InChI is InChI=1S/C32H31NO5/c1-22-29(32(35)37-20-19-36-25-11-6-3-7-12-25)30(31-27(33-22)13-8-14-28(31)34)24-15-17-26(18-16-24)38-21-23-9-4-2-5-10-23/h2-7,9-12,15-18,29-30H,8,13-14,19-21H2,1H3/t29?,30-/m1/s1. The molecule has 6 heteroatoms. The van der Waals surface area contributed by atoms with Gasteiger partial charge in [0.05, 0.1) is 0 Å². The van der Waals surface area contributed by atoms with Crippen LogP contribution < -0.4 is 9.47 Å². The lowest BCUT2D eigenvalue weighted by Crippen LogP contribution is -2.37. The molecule has 1 aliphatic heterocycles. The van der Waals surface area contributed by atoms with Crippen LogP contribution in [0.25, 0.3) is 0 Å². The summed E-state index contributed by atoms with van der Waals surface area (Å²) in [6.45, 7) is 2.66. The van der Waals surface area contributed by atoms with Crippen molar-refractivity contribution >= 4 is 17.5 Å². The molecule has 3 aromatic carbocycles. The van der Waals surface area contributed by atoms with Gasteiger partial charge in [-0.15, -0.1) is 0 Å². The zero-order valence-electron chi connectivity index (χ0n) is 21.5. The summed E-state index contributed by atoms with van der Waals surface area (Å²) in [6.07, 6.45) is 1.98. The van der Waals surface area contributed by atoms with Crippen LogP contribution in [0, 0.1) is 5.92 Å². The number of benzene rings is 3. The second-order valence-electron chi connectivity index (χ2n) is 9.52. The fourth-order valence-electron chi connectivity index (χ4n) is 5.09. The van der Waals surface area contributed by atoms with Crippen LogP contribution in [0.15, 0.2) is 101 Å². The number of para-hydroxylation sites is 1. The SMILES string of the molecule is CC1=NC2=C(C(=O)CCC2)[C@H](c2ccc(OCc3ccccc3)cc2)C1C(=O)OCCOc1ccccc1. The first-order valence-corrected chi connectivity index (χ1v) is 13.0. The Labute approximate surface area is 223 Å². The largest absolute Gasteiger partial charge is 0.490 e. The minimum atomic E-state index is -0.677. The topological polar surface area (TPSA) is 74.2 Å². The highest BCUT2D eigenvalue weighted by Crippen LogP contribution is 2.43. The predicted octanol–water partition coefficient (Wildman–Crippen LogP) is 6.07. The summed E-state index contributed by atoms with van der Waals surface area (Å²) >= 11 is 0. The Kier molecular flexibility index (Phi) is 7.98. The van der Waals surface area contributed by atoms with E-state index in [0.717, 1.165) is 35.4 Å². The minimum Gasteiger partial charge on any atom is -0.490 e. The van der Waals surface area contributed by atoms with Crippen molar-refractivity contribution in [2.45, 2.75) is 38.7 Å². The highest BCUT2D eigenvalue weighted by atomic mass is 16.6. The Morgan fingerprint density at radius 2 is 1.53 bits per heavy atom. The van der Waals surface area contributed by atoms with Crippen molar-refractivity contribution in [3.05, 3.63) is 107 Å². The number of carbonyl (C=O) groups excluding carboxylic acids is 2. The molecule has 194 valence electrons. The van der Waals surface area contributed by atoms with E-state index in [1.54, 1.807) is 0 Å². The van der Waals surface area contributed by atoms with Crippen LogP contribution in [0.1, 0.15) is 43.2 Å². The molecule has 0 bridgehead atoms. The third kappa shape index (κ3) is 5.86. The maximum absolute atomic E-state index is 13.4. The first kappa shape index (κ1) is 25.5. The number of hydrogen-bond acceptors (Lipinski definition) is 6. The van der Waals surface area contributed by atoms with Crippen molar-refractivity contribution in [2.24, 2.45) is 10.9 Å². The van der Waals surface area contributed by atoms with E-state index in [2.05, 4.69) is 0 Å². The van der Waals surface area contributed by atoms with Gasteiger partial charge in [0.2, 0.25) is 0 Å². The van der Waals surface area contributed by atoms with Crippen LogP contribution in [0.5, 0.6) is 11.5 Å². The van der Waals surface area contributed by atoms with Gasteiger partial charge >= 0.3 is 5.97 Å². The van der Waals surface area contributed by atoms with Crippen LogP contribution in [-0.4, -0.2) is 30.7 Å². The number of carbonyl (C=O) groups is 2. The van der Waals surface area contributed by atoms with E-state index >= 15 is 0 Å². The first-order chi connectivity index (χ1) is 18.6. The number of nitrogens with zero attached hydrogens (tertiary/aromatic N) is 1. The van der Waals surface area contributed by atoms with E-state index < -0.39 is 17.8 Å². The molecule has 0 spiro atoms. The first-order valence-electron chi connectivity index (χ1n) is 13.0. The van der Waals surface area contributed by atoms with Crippen LogP contribution in [0.3, 0.4) is 0 Å². The van der Waals surface area contributed by atoms with Gasteiger partial charge in [-0.1, -0.05) is 60.7 Å². The summed E-state index contributed by atoms with van der Waals surface area (Å²) in [5.41, 5.74) is 4.06. The number of ether oxygens (including phenoxy) is 3. The van der Waals surface area contributed by atoms with Crippen LogP contribution in [0.4, 0.5) is 0 Å². The van der Waals surface area contributed by atoms with E-state index in [-0.39, 0.29) is 19.0 Å². The molecular weight excluding hydrogens is 478 g/mol. The molecule has 0 N–H and O–H groups in total. The molecule has 6 nitrogen and oxygen atoms in total. The summed E-state index contributed by atoms with van der Waals surface area (Å²) in [5, 5.41) is 0. The molecule has 1 unspecified atom stereocenters. The third-order valence-electron chi connectivity index (χ3n) is 6.92. The zero-order valence-corrected chi connectivity index (χ0v) is 21.5. The summed E-state index contributed by atoms with van der Waals surface area (Å²) in [5.74, 6) is -0.0249. The summed E-state index contributed by atoms with van der Waals surface area (Å²) in [7, 11) is 0. The Hall–Kier alpha value is -4.19. The van der Waals surface area contributed by atoms with Crippen molar-refractivity contribution < 1.29 is 23.8 Å². The van der Waals surface area contributed by atoms with Crippen molar-refractivity contribution in [1.82, 2.24) is 0 Å². The average molecular weight is 510 g/mol. The van der Waals surface area contributed by atoms with Gasteiger partial charge < -0.3 is 14.2 Å². The van der Waals surface area contributed by atoms with Gasteiger partial charge in [0.15, 0.2) is 5.78 Å². The summed E-state index contributed by atoms with van der Waals surface area (Å²) in [6, 6.07) is 27.0. The van der Waals surface area contributed by atoms with Gasteiger partial charge in [0.25, 0.3) is 0 Å². The van der Waals surface area contributed by atoms with Gasteiger partial charge in [-0.05, 0) is 55.2 Å². The van der Waals surface area contributed by atoms with E-state index in [1.165, 1.54) is 0 Å². The van der Waals surface area contributed by atoms with E-state index in [4.69, 9.17) is 19.2 Å². The monoisotopic (exact) mass is 509 g/mol. The number of allylic oxidation sites excluding steroid dienone is 2. The Morgan fingerprint density at radius 1 is 0.842 bits per heavy atom. The molecule has 0 aromatic heterocycles. The fourth-order valence-corrected chi connectivity index (χ4v) is 5.09. The number of aliphatic imine (C=N–C) groups is 1. The molecule has 3 aromatic rings. The summed E-state index contributed by atoms with van der Waals surface area (Å²) < 4.78 is 17.3. The second-order valence-corrected chi connectivity index (χ2v) is 9.52. The molecule has 0 saturated heterocycles. The average Bonchev–Trinajstić information content (AvgIpc) is 2.95. The van der Waals surface area contributed by atoms with Gasteiger partial charge in [-0.2, -0.15) is 0 Å². The molecule has 1 heterocycles. The van der Waals surface area contributed by atoms with Gasteiger partial charge in [0, 0.05) is 29.3 Å². The lowest BCUT2D eigenvalue weighted by molar-refractivity contribution is -0.147. The Bertz CT molecular complexity index is 1330. The zero-order chi connectivity index (χ0) is 26.3. The molecule has 0 saturated carbocycles. The van der Waals surface area contributed by atoms with E-state index in [1.807, 2.05) is 91.9 Å². The number of Topliss-reactive ketones (excluding diaryl/α,β-unsaturated/α-hetero) is 1. The molecule has 38 heavy (non-hydrogen) atoms. The maximum atomic E-state index is 13.4.